The Balaban J connectivity index is 1.58. The minimum atomic E-state index is -3.48. The number of hydrogen-bond donors (Lipinski definition) is 1. The number of rotatable bonds is 11. The first-order valence-corrected chi connectivity index (χ1v) is 12.7. The van der Waals surface area contributed by atoms with Crippen LogP contribution in [0.3, 0.4) is 0 Å². The van der Waals surface area contributed by atoms with E-state index in [-0.39, 0.29) is 10.8 Å². The van der Waals surface area contributed by atoms with Crippen LogP contribution in [-0.4, -0.2) is 62.9 Å². The molecule has 1 aliphatic heterocycles. The molecule has 2 aromatic rings. The third-order valence-electron chi connectivity index (χ3n) is 5.79. The molecule has 174 valence electrons. The van der Waals surface area contributed by atoms with Crippen molar-refractivity contribution < 1.29 is 17.9 Å². The van der Waals surface area contributed by atoms with E-state index in [0.717, 1.165) is 43.8 Å². The summed E-state index contributed by atoms with van der Waals surface area (Å²) >= 11 is 0. The Hall–Kier alpha value is -2.42. The molecule has 0 atom stereocenters. The van der Waals surface area contributed by atoms with Crippen molar-refractivity contribution in [3.05, 3.63) is 59.7 Å². The Labute approximate surface area is 191 Å². The molecule has 7 nitrogen and oxygen atoms in total. The van der Waals surface area contributed by atoms with Gasteiger partial charge in [-0.2, -0.15) is 4.31 Å². The number of sulfonamides is 1. The molecule has 0 saturated carbocycles. The zero-order chi connectivity index (χ0) is 23.0. The quantitative estimate of drug-likeness (QED) is 0.559. The summed E-state index contributed by atoms with van der Waals surface area (Å²) in [6, 6.07) is 13.8. The fraction of sp³-hybridized carbons (Fsp3) is 0.458. The summed E-state index contributed by atoms with van der Waals surface area (Å²) in [6.45, 7) is 9.09. The third kappa shape index (κ3) is 6.09. The van der Waals surface area contributed by atoms with Gasteiger partial charge in [-0.25, -0.2) is 8.42 Å². The molecule has 1 saturated heterocycles. The van der Waals surface area contributed by atoms with Crippen molar-refractivity contribution in [1.82, 2.24) is 14.5 Å². The van der Waals surface area contributed by atoms with E-state index < -0.39 is 10.0 Å². The van der Waals surface area contributed by atoms with Crippen LogP contribution in [0.25, 0.3) is 0 Å². The highest BCUT2D eigenvalue weighted by atomic mass is 32.2. The molecular weight excluding hydrogens is 426 g/mol. The van der Waals surface area contributed by atoms with Crippen molar-refractivity contribution in [2.75, 3.05) is 39.3 Å². The minimum Gasteiger partial charge on any atom is -0.492 e. The maximum atomic E-state index is 12.6. The van der Waals surface area contributed by atoms with E-state index in [4.69, 9.17) is 4.74 Å². The van der Waals surface area contributed by atoms with Gasteiger partial charge in [-0.3, -0.25) is 4.79 Å². The highest BCUT2D eigenvalue weighted by Crippen LogP contribution is 2.21. The molecule has 1 aliphatic rings. The predicted molar refractivity (Wildman–Crippen MR) is 125 cm³/mol. The molecule has 1 N–H and O–H groups in total. The summed E-state index contributed by atoms with van der Waals surface area (Å²) < 4.78 is 32.7. The number of ether oxygens (including phenoxy) is 1. The second kappa shape index (κ2) is 11.4. The van der Waals surface area contributed by atoms with Gasteiger partial charge in [0.1, 0.15) is 12.4 Å². The Morgan fingerprint density at radius 2 is 1.69 bits per heavy atom. The van der Waals surface area contributed by atoms with Crippen molar-refractivity contribution in [1.29, 1.82) is 0 Å². The fourth-order valence-electron chi connectivity index (χ4n) is 3.75. The van der Waals surface area contributed by atoms with E-state index in [1.807, 2.05) is 24.3 Å². The number of para-hydroxylation sites is 1. The van der Waals surface area contributed by atoms with Gasteiger partial charge in [0.2, 0.25) is 10.0 Å². The summed E-state index contributed by atoms with van der Waals surface area (Å²) in [5.41, 5.74) is 1.32. The maximum absolute atomic E-state index is 12.6. The van der Waals surface area contributed by atoms with Gasteiger partial charge in [0.15, 0.2) is 0 Å². The predicted octanol–water partition coefficient (Wildman–Crippen LogP) is 3.12. The van der Waals surface area contributed by atoms with Crippen LogP contribution >= 0.6 is 0 Å². The topological polar surface area (TPSA) is 79.0 Å². The lowest BCUT2D eigenvalue weighted by Crippen LogP contribution is -2.28. The van der Waals surface area contributed by atoms with Crippen LogP contribution in [0.5, 0.6) is 5.75 Å². The van der Waals surface area contributed by atoms with Crippen molar-refractivity contribution in [2.45, 2.75) is 38.1 Å². The lowest BCUT2D eigenvalue weighted by atomic mass is 10.1. The van der Waals surface area contributed by atoms with Crippen LogP contribution in [0.1, 0.15) is 42.6 Å². The molecule has 2 aromatic carbocycles. The van der Waals surface area contributed by atoms with E-state index in [9.17, 15) is 13.2 Å². The smallest absolute Gasteiger partial charge is 0.251 e. The highest BCUT2D eigenvalue weighted by molar-refractivity contribution is 7.89. The van der Waals surface area contributed by atoms with E-state index in [1.54, 1.807) is 12.1 Å². The molecule has 0 radical (unpaired) electrons. The lowest BCUT2D eigenvalue weighted by Gasteiger charge is -2.19. The lowest BCUT2D eigenvalue weighted by molar-refractivity contribution is 0.0950. The van der Waals surface area contributed by atoms with Crippen LogP contribution in [0.4, 0.5) is 0 Å². The average molecular weight is 460 g/mol. The summed E-state index contributed by atoms with van der Waals surface area (Å²) in [6.07, 6.45) is 1.78. The van der Waals surface area contributed by atoms with Crippen molar-refractivity contribution in [2.24, 2.45) is 0 Å². The summed E-state index contributed by atoms with van der Waals surface area (Å²) in [5.74, 6) is 0.500. The number of benzene rings is 2. The summed E-state index contributed by atoms with van der Waals surface area (Å²) in [7, 11) is -3.48. The van der Waals surface area contributed by atoms with Gasteiger partial charge in [-0.15, -0.1) is 0 Å². The second-order valence-corrected chi connectivity index (χ2v) is 9.74. The van der Waals surface area contributed by atoms with E-state index in [2.05, 4.69) is 24.1 Å². The molecule has 0 aliphatic carbocycles. The molecule has 0 spiro atoms. The molecule has 0 bridgehead atoms. The van der Waals surface area contributed by atoms with Gasteiger partial charge >= 0.3 is 0 Å². The normalized spacial score (nSPS) is 14.6. The first kappa shape index (κ1) is 24.2. The van der Waals surface area contributed by atoms with Gasteiger partial charge in [-0.1, -0.05) is 32.0 Å². The molecule has 0 unspecified atom stereocenters. The first-order chi connectivity index (χ1) is 15.5. The highest BCUT2D eigenvalue weighted by Gasteiger charge is 2.27. The molecule has 32 heavy (non-hydrogen) atoms. The van der Waals surface area contributed by atoms with Gasteiger partial charge in [0.05, 0.1) is 4.90 Å². The number of amides is 1. The molecule has 0 aromatic heterocycles. The maximum Gasteiger partial charge on any atom is 0.251 e. The molecule has 1 amide bonds. The standard InChI is InChI=1S/C24H33N3O4S/c1-3-26(4-2)17-18-31-23-10-6-5-9-21(23)19-25-24(28)20-11-13-22(14-12-20)32(29,30)27-15-7-8-16-27/h5-6,9-14H,3-4,7-8,15-19H2,1-2H3,(H,25,28). The van der Waals surface area contributed by atoms with Gasteiger partial charge < -0.3 is 15.0 Å². The number of likely N-dealkylation sites (N-methyl/N-ethyl adjacent to an activating group) is 1. The summed E-state index contributed by atoms with van der Waals surface area (Å²) in [4.78, 5) is 15.1. The van der Waals surface area contributed by atoms with Crippen molar-refractivity contribution in [3.8, 4) is 5.75 Å². The zero-order valence-corrected chi connectivity index (χ0v) is 19.7. The molecule has 1 heterocycles. The monoisotopic (exact) mass is 459 g/mol. The minimum absolute atomic E-state index is 0.225. The Bertz CT molecular complexity index is 983. The van der Waals surface area contributed by atoms with Gasteiger partial charge in [0, 0.05) is 37.3 Å². The summed E-state index contributed by atoms with van der Waals surface area (Å²) in [5, 5.41) is 2.90. The van der Waals surface area contributed by atoms with Gasteiger partial charge in [-0.05, 0) is 56.3 Å². The Morgan fingerprint density at radius 3 is 2.34 bits per heavy atom. The SMILES string of the molecule is CCN(CC)CCOc1ccccc1CNC(=O)c1ccc(S(=O)(=O)N2CCCC2)cc1. The Kier molecular flexibility index (Phi) is 8.67. The molecule has 3 rings (SSSR count). The number of nitrogens with one attached hydrogen (secondary N) is 1. The molecular formula is C24H33N3O4S. The van der Waals surface area contributed by atoms with Crippen LogP contribution < -0.4 is 10.1 Å². The Morgan fingerprint density at radius 1 is 1.03 bits per heavy atom. The van der Waals surface area contributed by atoms with Crippen molar-refractivity contribution >= 4 is 15.9 Å². The van der Waals surface area contributed by atoms with Crippen LogP contribution in [0.15, 0.2) is 53.4 Å². The van der Waals surface area contributed by atoms with Crippen LogP contribution in [-0.2, 0) is 16.6 Å². The second-order valence-electron chi connectivity index (χ2n) is 7.80. The molecule has 8 heteroatoms. The van der Waals surface area contributed by atoms with E-state index >= 15 is 0 Å². The molecule has 1 fully saturated rings. The van der Waals surface area contributed by atoms with E-state index in [0.29, 0.717) is 31.8 Å². The van der Waals surface area contributed by atoms with E-state index in [1.165, 1.54) is 16.4 Å². The number of carbonyl (C=O) groups excluding carboxylic acids is 1. The van der Waals surface area contributed by atoms with Crippen LogP contribution in [0.2, 0.25) is 0 Å². The number of carbonyl (C=O) groups is 1. The largest absolute Gasteiger partial charge is 0.492 e. The first-order valence-electron chi connectivity index (χ1n) is 11.3. The van der Waals surface area contributed by atoms with Gasteiger partial charge in [0.25, 0.3) is 5.91 Å². The van der Waals surface area contributed by atoms with Crippen LogP contribution in [0, 0.1) is 0 Å². The third-order valence-corrected chi connectivity index (χ3v) is 7.70. The number of hydrogen-bond acceptors (Lipinski definition) is 5. The average Bonchev–Trinajstić information content (AvgIpc) is 3.37. The van der Waals surface area contributed by atoms with Crippen molar-refractivity contribution in [3.63, 3.8) is 0 Å². The number of nitrogens with zero attached hydrogens (tertiary/aromatic N) is 2. The zero-order valence-electron chi connectivity index (χ0n) is 18.9. The fourth-order valence-corrected chi connectivity index (χ4v) is 5.27.